The lowest BCUT2D eigenvalue weighted by atomic mass is 10.1. The lowest BCUT2D eigenvalue weighted by Gasteiger charge is -2.37. The van der Waals surface area contributed by atoms with Crippen LogP contribution in [-0.4, -0.2) is 55.0 Å². The third kappa shape index (κ3) is 3.35. The number of hydrogen-bond donors (Lipinski definition) is 1. The monoisotopic (exact) mass is 306 g/mol. The van der Waals surface area contributed by atoms with Gasteiger partial charge < -0.3 is 10.0 Å². The summed E-state index contributed by atoms with van der Waals surface area (Å²) in [5.41, 5.74) is 1.33. The average Bonchev–Trinajstić information content (AvgIpc) is 3.31. The molecule has 1 saturated heterocycles. The zero-order valence-corrected chi connectivity index (χ0v) is 13.2. The quantitative estimate of drug-likeness (QED) is 0.847. The van der Waals surface area contributed by atoms with Crippen molar-refractivity contribution in [3.05, 3.63) is 23.8 Å². The number of nitrogens with zero attached hydrogens (tertiary/aromatic N) is 2. The first-order chi connectivity index (χ1) is 10.2. The van der Waals surface area contributed by atoms with E-state index in [0.717, 1.165) is 42.7 Å². The highest BCUT2D eigenvalue weighted by molar-refractivity contribution is 7.98. The Hall–Kier alpha value is -1.20. The van der Waals surface area contributed by atoms with Crippen molar-refractivity contribution < 1.29 is 9.90 Å². The van der Waals surface area contributed by atoms with Crippen LogP contribution in [0.5, 0.6) is 0 Å². The van der Waals surface area contributed by atoms with Crippen molar-refractivity contribution in [3.8, 4) is 0 Å². The highest BCUT2D eigenvalue weighted by atomic mass is 32.2. The number of thioether (sulfide) groups is 1. The second-order valence-corrected chi connectivity index (χ2v) is 6.74. The van der Waals surface area contributed by atoms with Gasteiger partial charge in [-0.15, -0.1) is 11.8 Å². The maximum Gasteiger partial charge on any atom is 0.338 e. The fourth-order valence-electron chi connectivity index (χ4n) is 3.01. The molecule has 21 heavy (non-hydrogen) atoms. The molecule has 0 unspecified atom stereocenters. The molecule has 1 saturated carbocycles. The number of hydrogen-bond acceptors (Lipinski definition) is 4. The van der Waals surface area contributed by atoms with E-state index in [1.807, 2.05) is 24.5 Å². The van der Waals surface area contributed by atoms with E-state index in [4.69, 9.17) is 0 Å². The summed E-state index contributed by atoms with van der Waals surface area (Å²) >= 11 is 1.50. The molecule has 5 heteroatoms. The Morgan fingerprint density at radius 2 is 2.00 bits per heavy atom. The van der Waals surface area contributed by atoms with E-state index < -0.39 is 5.97 Å². The molecule has 2 fully saturated rings. The lowest BCUT2D eigenvalue weighted by Crippen LogP contribution is -2.47. The molecule has 1 aliphatic carbocycles. The number of carboxylic acids is 1. The number of benzene rings is 1. The third-order valence-corrected chi connectivity index (χ3v) is 5.14. The van der Waals surface area contributed by atoms with Gasteiger partial charge in [-0.3, -0.25) is 4.90 Å². The zero-order chi connectivity index (χ0) is 14.8. The van der Waals surface area contributed by atoms with Gasteiger partial charge in [0.1, 0.15) is 0 Å². The summed E-state index contributed by atoms with van der Waals surface area (Å²) in [5.74, 6) is 0.0984. The molecular formula is C16H22N2O2S. The Bertz CT molecular complexity index is 523. The molecule has 1 aliphatic heterocycles. The third-order valence-electron chi connectivity index (χ3n) is 4.36. The molecule has 3 rings (SSSR count). The number of rotatable bonds is 5. The maximum absolute atomic E-state index is 11.6. The van der Waals surface area contributed by atoms with Crippen molar-refractivity contribution in [2.75, 3.05) is 43.9 Å². The predicted molar refractivity (Wildman–Crippen MR) is 86.6 cm³/mol. The molecule has 0 radical (unpaired) electrons. The summed E-state index contributed by atoms with van der Waals surface area (Å²) in [4.78, 5) is 17.2. The summed E-state index contributed by atoms with van der Waals surface area (Å²) in [5, 5.41) is 9.54. The van der Waals surface area contributed by atoms with Gasteiger partial charge in [-0.05, 0) is 37.1 Å². The molecular weight excluding hydrogens is 284 g/mol. The van der Waals surface area contributed by atoms with Crippen LogP contribution in [0.25, 0.3) is 0 Å². The van der Waals surface area contributed by atoms with Crippen molar-refractivity contribution in [2.45, 2.75) is 17.7 Å². The predicted octanol–water partition coefficient (Wildman–Crippen LogP) is 2.64. The summed E-state index contributed by atoms with van der Waals surface area (Å²) in [6.45, 7) is 5.15. The molecule has 0 amide bonds. The van der Waals surface area contributed by atoms with Crippen molar-refractivity contribution in [1.82, 2.24) is 4.90 Å². The molecule has 1 aromatic rings. The first kappa shape index (κ1) is 14.7. The van der Waals surface area contributed by atoms with Gasteiger partial charge in [0.2, 0.25) is 0 Å². The first-order valence-corrected chi connectivity index (χ1v) is 8.79. The minimum atomic E-state index is -0.824. The largest absolute Gasteiger partial charge is 0.478 e. The maximum atomic E-state index is 11.6. The van der Waals surface area contributed by atoms with E-state index >= 15 is 0 Å². The molecule has 0 atom stereocenters. The minimum Gasteiger partial charge on any atom is -0.478 e. The summed E-state index contributed by atoms with van der Waals surface area (Å²) < 4.78 is 0. The van der Waals surface area contributed by atoms with Crippen LogP contribution in [0.4, 0.5) is 5.69 Å². The second-order valence-electron chi connectivity index (χ2n) is 5.89. The van der Waals surface area contributed by atoms with Crippen LogP contribution in [-0.2, 0) is 0 Å². The van der Waals surface area contributed by atoms with Crippen LogP contribution < -0.4 is 4.90 Å². The van der Waals surface area contributed by atoms with Crippen LogP contribution in [0.1, 0.15) is 23.2 Å². The normalized spacial score (nSPS) is 19.8. The number of carbonyl (C=O) groups is 1. The average molecular weight is 306 g/mol. The van der Waals surface area contributed by atoms with E-state index in [1.165, 1.54) is 31.1 Å². The highest BCUT2D eigenvalue weighted by Gasteiger charge is 2.27. The van der Waals surface area contributed by atoms with Crippen LogP contribution >= 0.6 is 11.8 Å². The first-order valence-electron chi connectivity index (χ1n) is 7.56. The zero-order valence-electron chi connectivity index (χ0n) is 12.4. The molecule has 114 valence electrons. The fraction of sp³-hybridized carbons (Fsp3) is 0.562. The Balaban J connectivity index is 1.73. The smallest absolute Gasteiger partial charge is 0.338 e. The molecule has 1 heterocycles. The van der Waals surface area contributed by atoms with Crippen LogP contribution in [0.3, 0.4) is 0 Å². The molecule has 0 bridgehead atoms. The molecule has 1 N–H and O–H groups in total. The van der Waals surface area contributed by atoms with E-state index in [9.17, 15) is 9.90 Å². The second kappa shape index (κ2) is 6.28. The Kier molecular flexibility index (Phi) is 4.40. The van der Waals surface area contributed by atoms with Gasteiger partial charge in [0.25, 0.3) is 0 Å². The topological polar surface area (TPSA) is 43.8 Å². The van der Waals surface area contributed by atoms with Crippen LogP contribution in [0.15, 0.2) is 23.1 Å². The summed E-state index contributed by atoms with van der Waals surface area (Å²) in [6.07, 6.45) is 4.71. The van der Waals surface area contributed by atoms with Crippen LogP contribution in [0, 0.1) is 5.92 Å². The van der Waals surface area contributed by atoms with E-state index in [2.05, 4.69) is 9.80 Å². The molecule has 4 nitrogen and oxygen atoms in total. The van der Waals surface area contributed by atoms with Crippen molar-refractivity contribution in [3.63, 3.8) is 0 Å². The van der Waals surface area contributed by atoms with Crippen molar-refractivity contribution >= 4 is 23.4 Å². The molecule has 0 aromatic heterocycles. The number of aromatic carboxylic acids is 1. The van der Waals surface area contributed by atoms with E-state index in [0.29, 0.717) is 5.56 Å². The number of piperazine rings is 1. The highest BCUT2D eigenvalue weighted by Crippen LogP contribution is 2.32. The van der Waals surface area contributed by atoms with E-state index in [-0.39, 0.29) is 0 Å². The molecule has 0 spiro atoms. The fourth-order valence-corrected chi connectivity index (χ4v) is 3.62. The minimum absolute atomic E-state index is 0.459. The van der Waals surface area contributed by atoms with Gasteiger partial charge in [-0.1, -0.05) is 6.07 Å². The van der Waals surface area contributed by atoms with Gasteiger partial charge in [0.05, 0.1) is 11.3 Å². The SMILES string of the molecule is CSc1cccc(N2CCN(CC3CC3)CC2)c1C(=O)O. The Labute approximate surface area is 130 Å². The van der Waals surface area contributed by atoms with Gasteiger partial charge in [-0.2, -0.15) is 0 Å². The van der Waals surface area contributed by atoms with Crippen molar-refractivity contribution in [1.29, 1.82) is 0 Å². The summed E-state index contributed by atoms with van der Waals surface area (Å²) in [6, 6.07) is 5.80. The van der Waals surface area contributed by atoms with Gasteiger partial charge in [0.15, 0.2) is 0 Å². The standard InChI is InChI=1S/C16H22N2O2S/c1-21-14-4-2-3-13(15(14)16(19)20)18-9-7-17(8-10-18)11-12-5-6-12/h2-4,12H,5-11H2,1H3,(H,19,20). The molecule has 1 aromatic carbocycles. The van der Waals surface area contributed by atoms with Crippen molar-refractivity contribution in [2.24, 2.45) is 5.92 Å². The Morgan fingerprint density at radius 3 is 2.57 bits per heavy atom. The van der Waals surface area contributed by atoms with Crippen LogP contribution in [0.2, 0.25) is 0 Å². The Morgan fingerprint density at radius 1 is 1.29 bits per heavy atom. The molecule has 2 aliphatic rings. The van der Waals surface area contributed by atoms with Gasteiger partial charge >= 0.3 is 5.97 Å². The number of carboxylic acid groups (broad SMARTS) is 1. The lowest BCUT2D eigenvalue weighted by molar-refractivity contribution is 0.0693. The number of anilines is 1. The summed E-state index contributed by atoms with van der Waals surface area (Å²) in [7, 11) is 0. The van der Waals surface area contributed by atoms with Gasteiger partial charge in [-0.25, -0.2) is 4.79 Å². The van der Waals surface area contributed by atoms with Gasteiger partial charge in [0, 0.05) is 37.6 Å². The van der Waals surface area contributed by atoms with E-state index in [1.54, 1.807) is 0 Å².